The summed E-state index contributed by atoms with van der Waals surface area (Å²) in [5.41, 5.74) is 2.50. The lowest BCUT2D eigenvalue weighted by Gasteiger charge is -2.06. The Bertz CT molecular complexity index is 549. The van der Waals surface area contributed by atoms with Crippen molar-refractivity contribution in [1.29, 1.82) is 5.26 Å². The summed E-state index contributed by atoms with van der Waals surface area (Å²) in [6.07, 6.45) is 1.37. The number of rotatable bonds is 5. The number of nitriles is 1. The SMILES string of the molecule is CC(C)=CC(=O)NCc1ccc(NC(=O)CC#N)cc1. The van der Waals surface area contributed by atoms with E-state index in [9.17, 15) is 9.59 Å². The number of anilines is 1. The van der Waals surface area contributed by atoms with Gasteiger partial charge in [-0.3, -0.25) is 9.59 Å². The fourth-order valence-electron chi connectivity index (χ4n) is 1.49. The summed E-state index contributed by atoms with van der Waals surface area (Å²) >= 11 is 0. The van der Waals surface area contributed by atoms with Gasteiger partial charge >= 0.3 is 0 Å². The Hall–Kier alpha value is -2.61. The molecule has 0 fully saturated rings. The van der Waals surface area contributed by atoms with Crippen molar-refractivity contribution < 1.29 is 9.59 Å². The first-order valence-electron chi connectivity index (χ1n) is 6.19. The largest absolute Gasteiger partial charge is 0.348 e. The van der Waals surface area contributed by atoms with Crippen LogP contribution in [0.4, 0.5) is 5.69 Å². The predicted octanol–water partition coefficient (Wildman–Crippen LogP) is 2.12. The highest BCUT2D eigenvalue weighted by molar-refractivity contribution is 5.92. The molecule has 0 unspecified atom stereocenters. The van der Waals surface area contributed by atoms with Crippen molar-refractivity contribution in [3.8, 4) is 6.07 Å². The molecular formula is C15H17N3O2. The van der Waals surface area contributed by atoms with Crippen LogP contribution in [0.5, 0.6) is 0 Å². The van der Waals surface area contributed by atoms with Crippen molar-refractivity contribution in [2.75, 3.05) is 5.32 Å². The van der Waals surface area contributed by atoms with Crippen LogP contribution in [-0.2, 0) is 16.1 Å². The number of hydrogen-bond acceptors (Lipinski definition) is 3. The van der Waals surface area contributed by atoms with Crippen LogP contribution in [0.3, 0.4) is 0 Å². The fourth-order valence-corrected chi connectivity index (χ4v) is 1.49. The summed E-state index contributed by atoms with van der Waals surface area (Å²) in [7, 11) is 0. The first-order chi connectivity index (χ1) is 9.51. The number of benzene rings is 1. The predicted molar refractivity (Wildman–Crippen MR) is 76.6 cm³/mol. The van der Waals surface area contributed by atoms with Gasteiger partial charge in [0.15, 0.2) is 0 Å². The van der Waals surface area contributed by atoms with Gasteiger partial charge in [0.25, 0.3) is 0 Å². The fraction of sp³-hybridized carbons (Fsp3) is 0.267. The molecule has 0 radical (unpaired) electrons. The third kappa shape index (κ3) is 5.83. The van der Waals surface area contributed by atoms with E-state index < -0.39 is 0 Å². The normalized spacial score (nSPS) is 9.25. The van der Waals surface area contributed by atoms with Gasteiger partial charge in [0, 0.05) is 18.3 Å². The van der Waals surface area contributed by atoms with E-state index in [1.54, 1.807) is 18.2 Å². The van der Waals surface area contributed by atoms with E-state index in [-0.39, 0.29) is 18.2 Å². The molecule has 0 saturated carbocycles. The molecular weight excluding hydrogens is 254 g/mol. The number of nitrogens with zero attached hydrogens (tertiary/aromatic N) is 1. The van der Waals surface area contributed by atoms with Gasteiger partial charge in [-0.05, 0) is 31.5 Å². The van der Waals surface area contributed by atoms with Gasteiger partial charge in [0.05, 0.1) is 6.07 Å². The van der Waals surface area contributed by atoms with Crippen LogP contribution >= 0.6 is 0 Å². The Morgan fingerprint density at radius 2 is 1.90 bits per heavy atom. The molecule has 2 N–H and O–H groups in total. The van der Waals surface area contributed by atoms with Gasteiger partial charge in [-0.2, -0.15) is 5.26 Å². The van der Waals surface area contributed by atoms with Crippen LogP contribution in [-0.4, -0.2) is 11.8 Å². The van der Waals surface area contributed by atoms with E-state index in [1.165, 1.54) is 6.08 Å². The Morgan fingerprint density at radius 3 is 2.45 bits per heavy atom. The van der Waals surface area contributed by atoms with Crippen LogP contribution in [0.15, 0.2) is 35.9 Å². The highest BCUT2D eigenvalue weighted by Gasteiger charge is 2.02. The molecule has 1 aromatic carbocycles. The Morgan fingerprint density at radius 1 is 1.25 bits per heavy atom. The summed E-state index contributed by atoms with van der Waals surface area (Å²) < 4.78 is 0. The lowest BCUT2D eigenvalue weighted by atomic mass is 10.2. The number of allylic oxidation sites excluding steroid dienone is 1. The second kappa shape index (κ2) is 7.74. The van der Waals surface area contributed by atoms with E-state index in [1.807, 2.05) is 26.0 Å². The Labute approximate surface area is 118 Å². The zero-order valence-electron chi connectivity index (χ0n) is 11.6. The molecule has 0 aliphatic rings. The van der Waals surface area contributed by atoms with Gasteiger partial charge in [-0.1, -0.05) is 17.7 Å². The van der Waals surface area contributed by atoms with Gasteiger partial charge in [0.1, 0.15) is 6.42 Å². The van der Waals surface area contributed by atoms with Crippen molar-refractivity contribution in [2.45, 2.75) is 26.8 Å². The zero-order chi connectivity index (χ0) is 15.0. The average Bonchev–Trinajstić information content (AvgIpc) is 2.37. The minimum absolute atomic E-state index is 0.128. The summed E-state index contributed by atoms with van der Waals surface area (Å²) in [6.45, 7) is 4.14. The van der Waals surface area contributed by atoms with E-state index in [2.05, 4.69) is 10.6 Å². The number of hydrogen-bond donors (Lipinski definition) is 2. The zero-order valence-corrected chi connectivity index (χ0v) is 11.6. The smallest absolute Gasteiger partial charge is 0.244 e. The molecule has 104 valence electrons. The quantitative estimate of drug-likeness (QED) is 0.805. The van der Waals surface area contributed by atoms with Crippen LogP contribution < -0.4 is 10.6 Å². The lowest BCUT2D eigenvalue weighted by Crippen LogP contribution is -2.20. The number of nitrogens with one attached hydrogen (secondary N) is 2. The monoisotopic (exact) mass is 271 g/mol. The van der Waals surface area contributed by atoms with Crippen LogP contribution in [0.25, 0.3) is 0 Å². The lowest BCUT2D eigenvalue weighted by molar-refractivity contribution is -0.117. The molecule has 2 amide bonds. The van der Waals surface area contributed by atoms with E-state index in [0.717, 1.165) is 11.1 Å². The second-order valence-electron chi connectivity index (χ2n) is 4.52. The minimum Gasteiger partial charge on any atom is -0.348 e. The summed E-state index contributed by atoms with van der Waals surface area (Å²) in [4.78, 5) is 22.7. The molecule has 0 aromatic heterocycles. The molecule has 0 spiro atoms. The first-order valence-corrected chi connectivity index (χ1v) is 6.19. The maximum atomic E-state index is 11.4. The molecule has 0 atom stereocenters. The first kappa shape index (κ1) is 15.4. The Balaban J connectivity index is 2.51. The molecule has 5 nitrogen and oxygen atoms in total. The van der Waals surface area contributed by atoms with Crippen LogP contribution in [0.1, 0.15) is 25.8 Å². The van der Waals surface area contributed by atoms with Gasteiger partial charge < -0.3 is 10.6 Å². The molecule has 1 rings (SSSR count). The van der Waals surface area contributed by atoms with Crippen LogP contribution in [0, 0.1) is 11.3 Å². The molecule has 20 heavy (non-hydrogen) atoms. The topological polar surface area (TPSA) is 82.0 Å². The maximum absolute atomic E-state index is 11.4. The van der Waals surface area contributed by atoms with E-state index in [0.29, 0.717) is 12.2 Å². The summed E-state index contributed by atoms with van der Waals surface area (Å²) in [5.74, 6) is -0.464. The maximum Gasteiger partial charge on any atom is 0.244 e. The molecule has 1 aromatic rings. The molecule has 0 heterocycles. The third-order valence-corrected chi connectivity index (χ3v) is 2.36. The van der Waals surface area contributed by atoms with Crippen molar-refractivity contribution in [3.63, 3.8) is 0 Å². The molecule has 5 heteroatoms. The van der Waals surface area contributed by atoms with Crippen molar-refractivity contribution in [3.05, 3.63) is 41.5 Å². The van der Waals surface area contributed by atoms with Gasteiger partial charge in [-0.25, -0.2) is 0 Å². The van der Waals surface area contributed by atoms with Crippen molar-refractivity contribution in [1.82, 2.24) is 5.32 Å². The third-order valence-electron chi connectivity index (χ3n) is 2.36. The Kier molecular flexibility index (Phi) is 5.98. The number of carbonyl (C=O) groups is 2. The summed E-state index contributed by atoms with van der Waals surface area (Å²) in [5, 5.41) is 13.8. The molecule has 0 bridgehead atoms. The van der Waals surface area contributed by atoms with Gasteiger partial charge in [-0.15, -0.1) is 0 Å². The standard InChI is InChI=1S/C15H17N3O2/c1-11(2)9-15(20)17-10-12-3-5-13(6-4-12)18-14(19)7-8-16/h3-6,9H,7,10H2,1-2H3,(H,17,20)(H,18,19). The van der Waals surface area contributed by atoms with Crippen molar-refractivity contribution >= 4 is 17.5 Å². The van der Waals surface area contributed by atoms with Crippen molar-refractivity contribution in [2.24, 2.45) is 0 Å². The summed E-state index contributed by atoms with van der Waals surface area (Å²) in [6, 6.07) is 8.87. The highest BCUT2D eigenvalue weighted by atomic mass is 16.2. The average molecular weight is 271 g/mol. The minimum atomic E-state index is -0.336. The molecule has 0 saturated heterocycles. The number of amides is 2. The highest BCUT2D eigenvalue weighted by Crippen LogP contribution is 2.09. The van der Waals surface area contributed by atoms with E-state index in [4.69, 9.17) is 5.26 Å². The number of carbonyl (C=O) groups excluding carboxylic acids is 2. The molecule has 0 aliphatic carbocycles. The second-order valence-corrected chi connectivity index (χ2v) is 4.52. The van der Waals surface area contributed by atoms with Gasteiger partial charge in [0.2, 0.25) is 11.8 Å². The molecule has 0 aliphatic heterocycles. The van der Waals surface area contributed by atoms with Crippen LogP contribution in [0.2, 0.25) is 0 Å². The van der Waals surface area contributed by atoms with E-state index >= 15 is 0 Å².